The van der Waals surface area contributed by atoms with Gasteiger partial charge in [-0.2, -0.15) is 10.2 Å². The summed E-state index contributed by atoms with van der Waals surface area (Å²) >= 11 is 1.56. The Kier molecular flexibility index (Phi) is 7.05. The number of fused-ring (bicyclic) bond motifs is 6. The Hall–Kier alpha value is -3.24. The van der Waals surface area contributed by atoms with Crippen molar-refractivity contribution in [2.75, 3.05) is 50.5 Å². The van der Waals surface area contributed by atoms with Crippen LogP contribution in [0.25, 0.3) is 11.5 Å². The lowest BCUT2D eigenvalue weighted by atomic mass is 9.63. The number of piperazine rings is 1. The van der Waals surface area contributed by atoms with Crippen LogP contribution >= 0.6 is 11.3 Å². The summed E-state index contributed by atoms with van der Waals surface area (Å²) < 4.78 is 18.7. The average molecular weight is 617 g/mol. The molecule has 232 valence electrons. The van der Waals surface area contributed by atoms with E-state index in [4.69, 9.17) is 29.7 Å². The van der Waals surface area contributed by atoms with Crippen LogP contribution in [0.2, 0.25) is 0 Å². The zero-order valence-corrected chi connectivity index (χ0v) is 26.3. The number of morpholine rings is 1. The van der Waals surface area contributed by atoms with Crippen LogP contribution in [0.4, 0.5) is 10.8 Å². The number of nitrogens with two attached hydrogens (primary N) is 1. The van der Waals surface area contributed by atoms with Gasteiger partial charge < -0.3 is 29.9 Å². The van der Waals surface area contributed by atoms with Crippen LogP contribution in [0, 0.1) is 11.3 Å². The number of thiophene rings is 1. The normalized spacial score (nSPS) is 28.8. The Balaban J connectivity index is 1.21. The molecule has 5 aliphatic rings. The molecule has 44 heavy (non-hydrogen) atoms. The van der Waals surface area contributed by atoms with E-state index in [0.717, 1.165) is 87.3 Å². The maximum absolute atomic E-state index is 10.1. The van der Waals surface area contributed by atoms with E-state index in [1.807, 2.05) is 6.07 Å². The molecule has 12 heteroatoms. The highest BCUT2D eigenvalue weighted by Crippen LogP contribution is 2.55. The van der Waals surface area contributed by atoms with Crippen LogP contribution in [0.5, 0.6) is 5.88 Å². The van der Waals surface area contributed by atoms with Gasteiger partial charge >= 0.3 is 0 Å². The molecule has 1 spiro atoms. The number of nitrogen functional groups attached to an aromatic ring is 1. The Morgan fingerprint density at radius 1 is 1.18 bits per heavy atom. The predicted octanol–water partition coefficient (Wildman–Crippen LogP) is 3.64. The van der Waals surface area contributed by atoms with Crippen molar-refractivity contribution in [3.63, 3.8) is 0 Å². The number of nitrogens with one attached hydrogen (secondary N) is 1. The van der Waals surface area contributed by atoms with Gasteiger partial charge in [-0.3, -0.25) is 4.90 Å². The van der Waals surface area contributed by atoms with Gasteiger partial charge in [0.25, 0.3) is 0 Å². The van der Waals surface area contributed by atoms with Crippen LogP contribution in [0.1, 0.15) is 72.8 Å². The van der Waals surface area contributed by atoms with Gasteiger partial charge in [-0.25, -0.2) is 4.98 Å². The van der Waals surface area contributed by atoms with E-state index >= 15 is 0 Å². The number of likely N-dealkylation sites (tertiary alicyclic amines) is 1. The van der Waals surface area contributed by atoms with E-state index in [-0.39, 0.29) is 23.6 Å². The van der Waals surface area contributed by atoms with Crippen molar-refractivity contribution in [1.82, 2.24) is 25.3 Å². The molecule has 3 N–H and O–H groups in total. The molecule has 3 fully saturated rings. The van der Waals surface area contributed by atoms with E-state index in [0.29, 0.717) is 47.2 Å². The van der Waals surface area contributed by atoms with Crippen LogP contribution in [-0.2, 0) is 23.0 Å². The monoisotopic (exact) mass is 616 g/mol. The minimum atomic E-state index is -0.389. The van der Waals surface area contributed by atoms with Gasteiger partial charge in [-0.1, -0.05) is 5.16 Å². The first-order valence-electron chi connectivity index (χ1n) is 16.1. The molecule has 2 bridgehead atoms. The minimum absolute atomic E-state index is 0.0162. The van der Waals surface area contributed by atoms with Crippen LogP contribution in [0.15, 0.2) is 10.6 Å². The molecule has 0 aromatic carbocycles. The van der Waals surface area contributed by atoms with Crippen LogP contribution < -0.4 is 20.7 Å². The fourth-order valence-electron chi connectivity index (χ4n) is 8.54. The molecule has 0 radical (unpaired) electrons. The van der Waals surface area contributed by atoms with E-state index in [1.54, 1.807) is 11.3 Å². The van der Waals surface area contributed by atoms with Gasteiger partial charge in [0.2, 0.25) is 5.88 Å². The lowest BCUT2D eigenvalue weighted by molar-refractivity contribution is 0.0374. The largest absolute Gasteiger partial charge is 0.473 e. The molecular weight excluding hydrogens is 576 g/mol. The highest BCUT2D eigenvalue weighted by atomic mass is 32.1. The molecular formula is C32H40N8O3S. The molecule has 0 saturated carbocycles. The maximum atomic E-state index is 10.1. The Labute approximate surface area is 261 Å². The third-order valence-corrected chi connectivity index (χ3v) is 11.6. The summed E-state index contributed by atoms with van der Waals surface area (Å²) in [5.74, 6) is 2.81. The van der Waals surface area contributed by atoms with Gasteiger partial charge in [0, 0.05) is 47.7 Å². The van der Waals surface area contributed by atoms with Gasteiger partial charge in [0.05, 0.1) is 24.2 Å². The number of hydrogen-bond donors (Lipinski definition) is 2. The first kappa shape index (κ1) is 28.2. The number of anilines is 2. The van der Waals surface area contributed by atoms with Crippen molar-refractivity contribution in [2.24, 2.45) is 0 Å². The summed E-state index contributed by atoms with van der Waals surface area (Å²) in [6, 6.07) is 5.26. The van der Waals surface area contributed by atoms with Gasteiger partial charge in [-0.05, 0) is 77.4 Å². The number of likely N-dealkylation sites (N-methyl/N-ethyl adjacent to an activating group) is 1. The quantitative estimate of drug-likeness (QED) is 0.434. The number of ether oxygens (including phenoxy) is 2. The van der Waals surface area contributed by atoms with Gasteiger partial charge in [0.15, 0.2) is 17.3 Å². The van der Waals surface area contributed by atoms with Crippen molar-refractivity contribution in [1.29, 1.82) is 5.26 Å². The van der Waals surface area contributed by atoms with Crippen molar-refractivity contribution in [2.45, 2.75) is 87.9 Å². The number of aromatic nitrogens is 3. The minimum Gasteiger partial charge on any atom is -0.473 e. The van der Waals surface area contributed by atoms with E-state index in [1.165, 1.54) is 11.3 Å². The highest BCUT2D eigenvalue weighted by Gasteiger charge is 2.49. The summed E-state index contributed by atoms with van der Waals surface area (Å²) in [6.45, 7) is 6.21. The molecule has 8 rings (SSSR count). The summed E-state index contributed by atoms with van der Waals surface area (Å²) in [5, 5.41) is 19.1. The highest BCUT2D eigenvalue weighted by molar-refractivity contribution is 7.16. The Bertz CT molecular complexity index is 1600. The van der Waals surface area contributed by atoms with E-state index < -0.39 is 0 Å². The number of hydrogen-bond acceptors (Lipinski definition) is 12. The molecule has 3 aliphatic heterocycles. The lowest BCUT2D eigenvalue weighted by Crippen LogP contribution is -2.63. The summed E-state index contributed by atoms with van der Waals surface area (Å²) in [7, 11) is 2.17. The zero-order valence-electron chi connectivity index (χ0n) is 25.5. The molecule has 6 heterocycles. The third kappa shape index (κ3) is 4.59. The van der Waals surface area contributed by atoms with Crippen molar-refractivity contribution >= 4 is 22.2 Å². The first-order chi connectivity index (χ1) is 21.4. The smallest absolute Gasteiger partial charge is 0.219 e. The average Bonchev–Trinajstić information content (AvgIpc) is 3.74. The molecule has 3 aromatic heterocycles. The fraction of sp³-hybridized carbons (Fsp3) is 0.625. The van der Waals surface area contributed by atoms with Crippen molar-refractivity contribution in [3.8, 4) is 23.5 Å². The van der Waals surface area contributed by atoms with Crippen LogP contribution in [0.3, 0.4) is 0 Å². The molecule has 11 nitrogen and oxygen atoms in total. The number of aryl methyl sites for hydroxylation is 1. The summed E-state index contributed by atoms with van der Waals surface area (Å²) in [6.07, 6.45) is 7.88. The summed E-state index contributed by atoms with van der Waals surface area (Å²) in [5.41, 5.74) is 9.40. The molecule has 2 unspecified atom stereocenters. The van der Waals surface area contributed by atoms with Gasteiger partial charge in [-0.15, -0.1) is 11.3 Å². The van der Waals surface area contributed by atoms with E-state index in [2.05, 4.69) is 40.3 Å². The second-order valence-corrected chi connectivity index (χ2v) is 14.4. The van der Waals surface area contributed by atoms with Crippen molar-refractivity contribution in [3.05, 3.63) is 33.4 Å². The second-order valence-electron chi connectivity index (χ2n) is 13.3. The van der Waals surface area contributed by atoms with Gasteiger partial charge in [0.1, 0.15) is 23.0 Å². The first-order valence-corrected chi connectivity index (χ1v) is 16.9. The molecule has 5 atom stereocenters. The standard InChI is InChI=1S/C32H40N8O3S/c1-18(23-7-5-11-39(23)2)42-26-12-25(40-14-19-16-41-17-20(15-40)35-19)36-31(37-26)28-21-6-3-9-32(29(21)43-38-28)10-4-8-24-27(32)22(13-33)30(34)44-24/h12,18-20,23,35H,3-11,14-17,34H2,1-2H3/t18-,19?,20?,23-,32-/m0/s1. The lowest BCUT2D eigenvalue weighted by Gasteiger charge is -2.42. The second kappa shape index (κ2) is 11.0. The third-order valence-electron chi connectivity index (χ3n) is 10.5. The van der Waals surface area contributed by atoms with E-state index in [9.17, 15) is 5.26 Å². The summed E-state index contributed by atoms with van der Waals surface area (Å²) in [4.78, 5) is 16.0. The van der Waals surface area contributed by atoms with Crippen molar-refractivity contribution < 1.29 is 14.0 Å². The topological polar surface area (TPSA) is 139 Å². The number of nitrogens with zero attached hydrogens (tertiary/aromatic N) is 6. The SMILES string of the molecule is C[C@H](Oc1cc(N2CC3COCC(C2)N3)nc(-c2noc3c2CCC[C@@]32CCCc3sc(N)c(C#N)c32)n1)[C@@H]1CCCN1C. The Morgan fingerprint density at radius 2 is 1.98 bits per heavy atom. The number of rotatable bonds is 5. The zero-order chi connectivity index (χ0) is 30.0. The predicted molar refractivity (Wildman–Crippen MR) is 167 cm³/mol. The molecule has 3 saturated heterocycles. The fourth-order valence-corrected chi connectivity index (χ4v) is 9.70. The molecule has 3 aromatic rings. The van der Waals surface area contributed by atoms with Crippen LogP contribution in [-0.4, -0.2) is 84.1 Å². The number of nitriles is 1. The molecule has 2 aliphatic carbocycles. The maximum Gasteiger partial charge on any atom is 0.219 e. The molecule has 0 amide bonds. The Morgan fingerprint density at radius 3 is 2.73 bits per heavy atom.